The third kappa shape index (κ3) is 2.58. The molecule has 0 aromatic carbocycles. The Labute approximate surface area is 104 Å². The molecule has 0 aliphatic rings. The van der Waals surface area contributed by atoms with Crippen molar-refractivity contribution in [2.45, 2.75) is 30.9 Å². The van der Waals surface area contributed by atoms with Crippen LogP contribution in [-0.4, -0.2) is 25.0 Å². The first-order valence-corrected chi connectivity index (χ1v) is 6.25. The average molecular weight is 249 g/mol. The van der Waals surface area contributed by atoms with Crippen LogP contribution < -0.4 is 5.73 Å². The van der Waals surface area contributed by atoms with Crippen LogP contribution >= 0.6 is 11.8 Å². The summed E-state index contributed by atoms with van der Waals surface area (Å²) in [6.45, 7) is 6.15. The van der Waals surface area contributed by atoms with Gasteiger partial charge in [-0.05, 0) is 6.92 Å². The molecule has 0 aliphatic carbocycles. The van der Waals surface area contributed by atoms with E-state index in [-0.39, 0.29) is 0 Å². The number of thioether (sulfide) groups is 1. The Morgan fingerprint density at radius 1 is 1.35 bits per heavy atom. The summed E-state index contributed by atoms with van der Waals surface area (Å²) in [5.74, 6) is 1.33. The highest BCUT2D eigenvalue weighted by Crippen LogP contribution is 2.29. The van der Waals surface area contributed by atoms with E-state index < -0.39 is 0 Å². The number of hydrogen-bond acceptors (Lipinski definition) is 5. The van der Waals surface area contributed by atoms with Crippen LogP contribution in [0.2, 0.25) is 0 Å². The van der Waals surface area contributed by atoms with Gasteiger partial charge in [-0.2, -0.15) is 9.78 Å². The Balaban J connectivity index is 2.37. The maximum absolute atomic E-state index is 6.05. The summed E-state index contributed by atoms with van der Waals surface area (Å²) in [4.78, 5) is 9.20. The minimum absolute atomic E-state index is 0.474. The molecule has 0 fully saturated rings. The first kappa shape index (κ1) is 11.9. The van der Waals surface area contributed by atoms with E-state index in [0.717, 1.165) is 10.6 Å². The van der Waals surface area contributed by atoms with E-state index >= 15 is 0 Å². The monoisotopic (exact) mass is 249 g/mol. The van der Waals surface area contributed by atoms with Gasteiger partial charge in [-0.15, -0.1) is 11.8 Å². The summed E-state index contributed by atoms with van der Waals surface area (Å²) in [6, 6.07) is 1.85. The lowest BCUT2D eigenvalue weighted by Gasteiger charge is -2.05. The second kappa shape index (κ2) is 4.75. The fourth-order valence-corrected chi connectivity index (χ4v) is 2.25. The maximum atomic E-state index is 6.05. The molecule has 0 unspecified atom stereocenters. The fraction of sp³-hybridized carbons (Fsp3) is 0.364. The average Bonchev–Trinajstić information content (AvgIpc) is 2.60. The van der Waals surface area contributed by atoms with Crippen molar-refractivity contribution in [1.82, 2.24) is 19.7 Å². The van der Waals surface area contributed by atoms with Gasteiger partial charge in [0.2, 0.25) is 0 Å². The summed E-state index contributed by atoms with van der Waals surface area (Å²) >= 11 is 1.69. The van der Waals surface area contributed by atoms with Gasteiger partial charge in [0.1, 0.15) is 12.1 Å². The minimum Gasteiger partial charge on any atom is -0.383 e. The van der Waals surface area contributed by atoms with E-state index in [4.69, 9.17) is 5.73 Å². The van der Waals surface area contributed by atoms with Crippen molar-refractivity contribution in [2.75, 3.05) is 5.73 Å². The molecular formula is C11H15N5S. The molecule has 17 heavy (non-hydrogen) atoms. The van der Waals surface area contributed by atoms with E-state index in [1.807, 2.05) is 13.0 Å². The zero-order valence-corrected chi connectivity index (χ0v) is 10.9. The van der Waals surface area contributed by atoms with Gasteiger partial charge in [0.15, 0.2) is 5.82 Å². The van der Waals surface area contributed by atoms with Crippen molar-refractivity contribution in [3.63, 3.8) is 0 Å². The molecule has 0 saturated heterocycles. The van der Waals surface area contributed by atoms with E-state index in [1.165, 1.54) is 6.33 Å². The molecule has 2 N–H and O–H groups in total. The molecular weight excluding hydrogens is 234 g/mol. The maximum Gasteiger partial charge on any atom is 0.159 e. The van der Waals surface area contributed by atoms with Gasteiger partial charge in [0, 0.05) is 17.0 Å². The number of aryl methyl sites for hydroxylation is 1. The standard InChI is InChI=1S/C11H15N5S/c1-7(2)17-9-5-15-16(11(9)12)10-4-8(3)13-6-14-10/h4-7H,12H2,1-3H3. The summed E-state index contributed by atoms with van der Waals surface area (Å²) in [7, 11) is 0. The Morgan fingerprint density at radius 2 is 2.12 bits per heavy atom. The molecule has 0 spiro atoms. The molecule has 2 aromatic heterocycles. The molecule has 0 saturated carbocycles. The van der Waals surface area contributed by atoms with Gasteiger partial charge in [-0.3, -0.25) is 0 Å². The number of nitrogens with two attached hydrogens (primary N) is 1. The van der Waals surface area contributed by atoms with E-state index in [1.54, 1.807) is 22.6 Å². The summed E-state index contributed by atoms with van der Waals surface area (Å²) < 4.78 is 1.64. The second-order valence-electron chi connectivity index (χ2n) is 3.99. The van der Waals surface area contributed by atoms with Crippen LogP contribution in [0.4, 0.5) is 5.82 Å². The van der Waals surface area contributed by atoms with Crippen LogP contribution in [0.3, 0.4) is 0 Å². The van der Waals surface area contributed by atoms with Crippen molar-refractivity contribution >= 4 is 17.6 Å². The van der Waals surface area contributed by atoms with Gasteiger partial charge >= 0.3 is 0 Å². The predicted octanol–water partition coefficient (Wildman–Crippen LogP) is 2.05. The van der Waals surface area contributed by atoms with Crippen LogP contribution in [0, 0.1) is 6.92 Å². The number of rotatable bonds is 3. The van der Waals surface area contributed by atoms with Crippen LogP contribution in [0.25, 0.3) is 5.82 Å². The topological polar surface area (TPSA) is 69.6 Å². The second-order valence-corrected chi connectivity index (χ2v) is 5.61. The summed E-state index contributed by atoms with van der Waals surface area (Å²) in [5.41, 5.74) is 6.94. The number of nitrogen functional groups attached to an aromatic ring is 1. The van der Waals surface area contributed by atoms with E-state index in [9.17, 15) is 0 Å². The SMILES string of the molecule is Cc1cc(-n2ncc(SC(C)C)c2N)ncn1. The van der Waals surface area contributed by atoms with Crippen molar-refractivity contribution in [3.05, 3.63) is 24.3 Å². The smallest absolute Gasteiger partial charge is 0.159 e. The first-order chi connectivity index (χ1) is 8.08. The highest BCUT2D eigenvalue weighted by atomic mass is 32.2. The molecule has 0 amide bonds. The van der Waals surface area contributed by atoms with Crippen LogP contribution in [0.15, 0.2) is 23.5 Å². The lowest BCUT2D eigenvalue weighted by molar-refractivity contribution is 0.844. The lowest BCUT2D eigenvalue weighted by Crippen LogP contribution is -2.05. The van der Waals surface area contributed by atoms with E-state index in [0.29, 0.717) is 16.9 Å². The van der Waals surface area contributed by atoms with Crippen molar-refractivity contribution in [3.8, 4) is 5.82 Å². The summed E-state index contributed by atoms with van der Waals surface area (Å²) in [6.07, 6.45) is 3.29. The van der Waals surface area contributed by atoms with Crippen LogP contribution in [0.1, 0.15) is 19.5 Å². The molecule has 2 heterocycles. The number of anilines is 1. The van der Waals surface area contributed by atoms with Crippen LogP contribution in [0.5, 0.6) is 0 Å². The Hall–Kier alpha value is -1.56. The Kier molecular flexibility index (Phi) is 3.33. The van der Waals surface area contributed by atoms with Gasteiger partial charge in [0.05, 0.1) is 11.1 Å². The molecule has 5 nitrogen and oxygen atoms in total. The third-order valence-corrected chi connectivity index (χ3v) is 3.18. The normalized spacial score (nSPS) is 11.1. The Bertz CT molecular complexity index is 520. The molecule has 2 aromatic rings. The molecule has 90 valence electrons. The quantitative estimate of drug-likeness (QED) is 0.843. The number of aromatic nitrogens is 4. The largest absolute Gasteiger partial charge is 0.383 e. The zero-order valence-electron chi connectivity index (χ0n) is 10.1. The van der Waals surface area contributed by atoms with Crippen molar-refractivity contribution in [1.29, 1.82) is 0 Å². The molecule has 2 rings (SSSR count). The first-order valence-electron chi connectivity index (χ1n) is 5.37. The number of nitrogens with zero attached hydrogens (tertiary/aromatic N) is 4. The highest BCUT2D eigenvalue weighted by Gasteiger charge is 2.11. The van der Waals surface area contributed by atoms with E-state index in [2.05, 4.69) is 28.9 Å². The molecule has 0 bridgehead atoms. The summed E-state index contributed by atoms with van der Waals surface area (Å²) in [5, 5.41) is 4.73. The van der Waals surface area contributed by atoms with Gasteiger partial charge in [-0.25, -0.2) is 9.97 Å². The lowest BCUT2D eigenvalue weighted by atomic mass is 10.4. The van der Waals surface area contributed by atoms with Crippen molar-refractivity contribution < 1.29 is 0 Å². The number of hydrogen-bond donors (Lipinski definition) is 1. The third-order valence-electron chi connectivity index (χ3n) is 2.14. The van der Waals surface area contributed by atoms with Crippen molar-refractivity contribution in [2.24, 2.45) is 0 Å². The molecule has 0 atom stereocenters. The zero-order chi connectivity index (χ0) is 12.4. The minimum atomic E-state index is 0.474. The van der Waals surface area contributed by atoms with Crippen LogP contribution in [-0.2, 0) is 0 Å². The fourth-order valence-electron chi connectivity index (χ4n) is 1.43. The Morgan fingerprint density at radius 3 is 2.76 bits per heavy atom. The van der Waals surface area contributed by atoms with Gasteiger partial charge in [0.25, 0.3) is 0 Å². The predicted molar refractivity (Wildman–Crippen MR) is 69.3 cm³/mol. The highest BCUT2D eigenvalue weighted by molar-refractivity contribution is 8.00. The molecule has 6 heteroatoms. The molecule has 0 aliphatic heterocycles. The van der Waals surface area contributed by atoms with Gasteiger partial charge < -0.3 is 5.73 Å². The van der Waals surface area contributed by atoms with Gasteiger partial charge in [-0.1, -0.05) is 13.8 Å². The molecule has 0 radical (unpaired) electrons.